The first-order chi connectivity index (χ1) is 9.06. The molecule has 0 atom stereocenters. The second kappa shape index (κ2) is 6.25. The summed E-state index contributed by atoms with van der Waals surface area (Å²) in [7, 11) is 0. The Balaban J connectivity index is 2.26. The molecule has 0 aliphatic heterocycles. The fraction of sp³-hybridized carbons (Fsp3) is 0. The van der Waals surface area contributed by atoms with E-state index in [0.717, 1.165) is 9.26 Å². The molecular formula is C13H8BrIN2O2. The molecule has 0 amide bonds. The van der Waals surface area contributed by atoms with Crippen molar-refractivity contribution < 1.29 is 4.92 Å². The lowest BCUT2D eigenvalue weighted by Crippen LogP contribution is -1.91. The van der Waals surface area contributed by atoms with Gasteiger partial charge >= 0.3 is 0 Å². The largest absolute Gasteiger partial charge is 0.284 e. The van der Waals surface area contributed by atoms with Gasteiger partial charge in [0.1, 0.15) is 0 Å². The van der Waals surface area contributed by atoms with Crippen LogP contribution in [0.5, 0.6) is 0 Å². The molecule has 0 aliphatic carbocycles. The maximum Gasteiger partial charge on any atom is 0.284 e. The third-order valence-corrected chi connectivity index (χ3v) is 3.75. The van der Waals surface area contributed by atoms with Crippen LogP contribution in [0.4, 0.5) is 11.4 Å². The van der Waals surface area contributed by atoms with Crippen LogP contribution in [0.3, 0.4) is 0 Å². The first-order valence-corrected chi connectivity index (χ1v) is 7.17. The molecule has 2 aromatic carbocycles. The predicted octanol–water partition coefficient (Wildman–Crippen LogP) is 4.71. The second-order valence-electron chi connectivity index (χ2n) is 3.70. The highest BCUT2D eigenvalue weighted by Crippen LogP contribution is 2.25. The number of halogens is 2. The van der Waals surface area contributed by atoms with Gasteiger partial charge in [-0.15, -0.1) is 0 Å². The van der Waals surface area contributed by atoms with E-state index >= 15 is 0 Å². The zero-order valence-electron chi connectivity index (χ0n) is 9.59. The quantitative estimate of drug-likeness (QED) is 0.306. The van der Waals surface area contributed by atoms with Crippen molar-refractivity contribution in [3.05, 3.63) is 66.2 Å². The zero-order valence-corrected chi connectivity index (χ0v) is 13.3. The molecule has 0 heterocycles. The van der Waals surface area contributed by atoms with Crippen molar-refractivity contribution in [2.45, 2.75) is 0 Å². The first-order valence-electron chi connectivity index (χ1n) is 5.30. The monoisotopic (exact) mass is 430 g/mol. The summed E-state index contributed by atoms with van der Waals surface area (Å²) in [6.07, 6.45) is 1.61. The average molecular weight is 431 g/mol. The number of nitrogens with zero attached hydrogens (tertiary/aromatic N) is 2. The van der Waals surface area contributed by atoms with Gasteiger partial charge in [-0.3, -0.25) is 15.1 Å². The summed E-state index contributed by atoms with van der Waals surface area (Å²) in [5.74, 6) is 0. The molecular weight excluding hydrogens is 423 g/mol. The van der Waals surface area contributed by atoms with Crippen molar-refractivity contribution in [1.82, 2.24) is 0 Å². The fourth-order valence-electron chi connectivity index (χ4n) is 1.43. The lowest BCUT2D eigenvalue weighted by Gasteiger charge is -1.98. The number of nitro groups is 1. The van der Waals surface area contributed by atoms with Gasteiger partial charge < -0.3 is 0 Å². The van der Waals surface area contributed by atoms with Gasteiger partial charge in [-0.05, 0) is 74.4 Å². The van der Waals surface area contributed by atoms with Crippen LogP contribution in [-0.2, 0) is 0 Å². The molecule has 6 heteroatoms. The van der Waals surface area contributed by atoms with Crippen LogP contribution in [0.15, 0.2) is 51.9 Å². The maximum atomic E-state index is 10.8. The van der Waals surface area contributed by atoms with Crippen molar-refractivity contribution in [2.24, 2.45) is 4.99 Å². The molecule has 0 aliphatic rings. The van der Waals surface area contributed by atoms with Gasteiger partial charge in [0.05, 0.1) is 15.1 Å². The van der Waals surface area contributed by atoms with Crippen LogP contribution in [0.1, 0.15) is 5.56 Å². The summed E-state index contributed by atoms with van der Waals surface area (Å²) in [4.78, 5) is 14.7. The van der Waals surface area contributed by atoms with Crippen LogP contribution in [0.2, 0.25) is 0 Å². The first kappa shape index (κ1) is 14.1. The molecule has 0 aromatic heterocycles. The Kier molecular flexibility index (Phi) is 4.65. The number of aliphatic imine (C=N–C) groups is 1. The van der Waals surface area contributed by atoms with E-state index in [1.807, 2.05) is 24.3 Å². The Morgan fingerprint density at radius 2 is 1.89 bits per heavy atom. The highest BCUT2D eigenvalue weighted by Gasteiger charge is 2.11. The minimum Gasteiger partial charge on any atom is -0.258 e. The minimum absolute atomic E-state index is 0.0339. The summed E-state index contributed by atoms with van der Waals surface area (Å²) in [6.45, 7) is 0. The number of benzene rings is 2. The van der Waals surface area contributed by atoms with Gasteiger partial charge in [-0.25, -0.2) is 0 Å². The Morgan fingerprint density at radius 3 is 2.53 bits per heavy atom. The molecule has 0 saturated carbocycles. The third-order valence-electron chi connectivity index (χ3n) is 2.36. The van der Waals surface area contributed by atoms with Gasteiger partial charge in [0.15, 0.2) is 0 Å². The van der Waals surface area contributed by atoms with E-state index in [1.54, 1.807) is 18.3 Å². The van der Waals surface area contributed by atoms with Gasteiger partial charge in [-0.1, -0.05) is 6.07 Å². The summed E-state index contributed by atoms with van der Waals surface area (Å²) < 4.78 is 1.60. The summed E-state index contributed by atoms with van der Waals surface area (Å²) in [6, 6.07) is 12.6. The van der Waals surface area contributed by atoms with E-state index in [9.17, 15) is 10.1 Å². The van der Waals surface area contributed by atoms with Crippen LogP contribution >= 0.6 is 38.5 Å². The molecule has 0 N–H and O–H groups in total. The standard InChI is InChI=1S/C13H8BrIN2O2/c14-12-6-1-9(7-13(12)17(18)19)8-16-11-4-2-10(15)3-5-11/h1-8H. The molecule has 19 heavy (non-hydrogen) atoms. The molecule has 2 aromatic rings. The number of rotatable bonds is 3. The smallest absolute Gasteiger partial charge is 0.258 e. The van der Waals surface area contributed by atoms with Crippen LogP contribution in [0.25, 0.3) is 0 Å². The van der Waals surface area contributed by atoms with E-state index in [1.165, 1.54) is 6.07 Å². The molecule has 0 radical (unpaired) electrons. The Labute approximate surface area is 132 Å². The fourth-order valence-corrected chi connectivity index (χ4v) is 2.18. The van der Waals surface area contributed by atoms with E-state index in [-0.39, 0.29) is 5.69 Å². The predicted molar refractivity (Wildman–Crippen MR) is 87.2 cm³/mol. The van der Waals surface area contributed by atoms with Crippen molar-refractivity contribution in [1.29, 1.82) is 0 Å². The minimum atomic E-state index is -0.424. The topological polar surface area (TPSA) is 55.5 Å². The Morgan fingerprint density at radius 1 is 1.21 bits per heavy atom. The summed E-state index contributed by atoms with van der Waals surface area (Å²) >= 11 is 5.37. The SMILES string of the molecule is O=[N+]([O-])c1cc(C=Nc2ccc(I)cc2)ccc1Br. The van der Waals surface area contributed by atoms with E-state index in [0.29, 0.717) is 10.0 Å². The molecule has 96 valence electrons. The highest BCUT2D eigenvalue weighted by molar-refractivity contribution is 14.1. The highest BCUT2D eigenvalue weighted by atomic mass is 127. The maximum absolute atomic E-state index is 10.8. The molecule has 4 nitrogen and oxygen atoms in total. The lowest BCUT2D eigenvalue weighted by atomic mass is 10.2. The molecule has 2 rings (SSSR count). The average Bonchev–Trinajstić information content (AvgIpc) is 2.39. The van der Waals surface area contributed by atoms with Gasteiger partial charge in [0.25, 0.3) is 5.69 Å². The second-order valence-corrected chi connectivity index (χ2v) is 5.80. The molecule has 0 spiro atoms. The number of nitro benzene ring substituents is 1. The van der Waals surface area contributed by atoms with Crippen molar-refractivity contribution >= 4 is 56.1 Å². The van der Waals surface area contributed by atoms with Crippen molar-refractivity contribution in [2.75, 3.05) is 0 Å². The van der Waals surface area contributed by atoms with E-state index in [2.05, 4.69) is 43.5 Å². The molecule has 0 saturated heterocycles. The van der Waals surface area contributed by atoms with E-state index in [4.69, 9.17) is 0 Å². The van der Waals surface area contributed by atoms with Gasteiger partial charge in [0, 0.05) is 15.9 Å². The van der Waals surface area contributed by atoms with Crippen LogP contribution < -0.4 is 0 Å². The molecule has 0 fully saturated rings. The third kappa shape index (κ3) is 3.84. The normalized spacial score (nSPS) is 10.8. The summed E-state index contributed by atoms with van der Waals surface area (Å²) in [5, 5.41) is 10.8. The van der Waals surface area contributed by atoms with E-state index < -0.39 is 4.92 Å². The number of hydrogen-bond donors (Lipinski definition) is 0. The Hall–Kier alpha value is -1.28. The van der Waals surface area contributed by atoms with Crippen LogP contribution in [-0.4, -0.2) is 11.1 Å². The zero-order chi connectivity index (χ0) is 13.8. The summed E-state index contributed by atoms with van der Waals surface area (Å²) in [5.41, 5.74) is 1.53. The van der Waals surface area contributed by atoms with Gasteiger partial charge in [-0.2, -0.15) is 0 Å². The molecule has 0 unspecified atom stereocenters. The number of hydrogen-bond acceptors (Lipinski definition) is 3. The lowest BCUT2D eigenvalue weighted by molar-refractivity contribution is -0.385. The Bertz CT molecular complexity index is 642. The molecule has 0 bridgehead atoms. The van der Waals surface area contributed by atoms with Crippen molar-refractivity contribution in [3.8, 4) is 0 Å². The van der Waals surface area contributed by atoms with Crippen LogP contribution in [0, 0.1) is 13.7 Å². The van der Waals surface area contributed by atoms with Crippen molar-refractivity contribution in [3.63, 3.8) is 0 Å². The van der Waals surface area contributed by atoms with Gasteiger partial charge in [0.2, 0.25) is 0 Å².